The number of carbonyl (C=O) groups is 2. The van der Waals surface area contributed by atoms with Crippen LogP contribution in [-0.2, 0) is 4.79 Å². The lowest BCUT2D eigenvalue weighted by molar-refractivity contribution is -0.942. The van der Waals surface area contributed by atoms with Crippen LogP contribution in [0.4, 0.5) is 4.79 Å². The molecule has 134 valence electrons. The summed E-state index contributed by atoms with van der Waals surface area (Å²) < 4.78 is 0. The number of quaternary nitrogens is 1. The average molecular weight is 334 g/mol. The average Bonchev–Trinajstić information content (AvgIpc) is 2.82. The zero-order chi connectivity index (χ0) is 16.7. The Bertz CT molecular complexity index is 511. The second kappa shape index (κ2) is 6.32. The van der Waals surface area contributed by atoms with E-state index < -0.39 is 5.54 Å². The van der Waals surface area contributed by atoms with Gasteiger partial charge in [-0.3, -0.25) is 4.79 Å². The van der Waals surface area contributed by atoms with E-state index in [9.17, 15) is 9.59 Å². The molecule has 2 saturated heterocycles. The minimum absolute atomic E-state index is 0.0600. The summed E-state index contributed by atoms with van der Waals surface area (Å²) in [6, 6.07) is 0.524. The fourth-order valence-electron chi connectivity index (χ4n) is 5.68. The molecule has 2 aliphatic heterocycles. The number of rotatable bonds is 2. The van der Waals surface area contributed by atoms with E-state index >= 15 is 0 Å². The van der Waals surface area contributed by atoms with Crippen LogP contribution in [0.15, 0.2) is 0 Å². The van der Waals surface area contributed by atoms with Crippen molar-refractivity contribution >= 4 is 11.9 Å². The van der Waals surface area contributed by atoms with E-state index in [1.807, 2.05) is 0 Å². The van der Waals surface area contributed by atoms with E-state index in [2.05, 4.69) is 12.2 Å². The number of imide groups is 1. The Kier molecular flexibility index (Phi) is 4.31. The first-order chi connectivity index (χ1) is 11.6. The minimum Gasteiger partial charge on any atom is -0.323 e. The Hall–Kier alpha value is -1.10. The van der Waals surface area contributed by atoms with Crippen molar-refractivity contribution in [2.45, 2.75) is 82.7 Å². The maximum absolute atomic E-state index is 13.1. The predicted molar refractivity (Wildman–Crippen MR) is 91.4 cm³/mol. The third kappa shape index (κ3) is 2.75. The van der Waals surface area contributed by atoms with E-state index in [4.69, 9.17) is 0 Å². The van der Waals surface area contributed by atoms with Gasteiger partial charge in [0.2, 0.25) is 0 Å². The Morgan fingerprint density at radius 3 is 2.58 bits per heavy atom. The van der Waals surface area contributed by atoms with E-state index in [0.29, 0.717) is 18.6 Å². The maximum atomic E-state index is 13.1. The number of likely N-dealkylation sites (tertiary alicyclic amines) is 1. The van der Waals surface area contributed by atoms with Crippen LogP contribution in [0.3, 0.4) is 0 Å². The van der Waals surface area contributed by atoms with Crippen molar-refractivity contribution in [3.8, 4) is 0 Å². The highest BCUT2D eigenvalue weighted by molar-refractivity contribution is 6.06. The van der Waals surface area contributed by atoms with Gasteiger partial charge in [0.05, 0.1) is 12.6 Å². The highest BCUT2D eigenvalue weighted by Gasteiger charge is 2.53. The molecule has 0 bridgehead atoms. The number of carbonyl (C=O) groups excluding carboxylic acids is 2. The van der Waals surface area contributed by atoms with Gasteiger partial charge in [-0.15, -0.1) is 0 Å². The van der Waals surface area contributed by atoms with Crippen molar-refractivity contribution in [2.75, 3.05) is 13.2 Å². The van der Waals surface area contributed by atoms with Crippen LogP contribution in [0.1, 0.15) is 71.1 Å². The van der Waals surface area contributed by atoms with E-state index in [1.165, 1.54) is 43.4 Å². The number of piperidine rings is 1. The molecule has 1 unspecified atom stereocenters. The zero-order valence-electron chi connectivity index (χ0n) is 15.0. The van der Waals surface area contributed by atoms with E-state index in [-0.39, 0.29) is 11.9 Å². The number of nitrogens with zero attached hydrogens (tertiary/aromatic N) is 1. The van der Waals surface area contributed by atoms with Gasteiger partial charge < -0.3 is 10.2 Å². The molecule has 2 aliphatic carbocycles. The highest BCUT2D eigenvalue weighted by Crippen LogP contribution is 2.36. The molecular weight excluding hydrogens is 302 g/mol. The summed E-state index contributed by atoms with van der Waals surface area (Å²) in [6.07, 6.45) is 11.6. The van der Waals surface area contributed by atoms with Gasteiger partial charge in [-0.1, -0.05) is 13.3 Å². The van der Waals surface area contributed by atoms with E-state index in [0.717, 1.165) is 38.1 Å². The molecule has 4 aliphatic rings. The Labute approximate surface area is 145 Å². The van der Waals surface area contributed by atoms with Crippen molar-refractivity contribution in [3.05, 3.63) is 0 Å². The van der Waals surface area contributed by atoms with Crippen LogP contribution in [-0.4, -0.2) is 41.6 Å². The fourth-order valence-corrected chi connectivity index (χ4v) is 5.68. The van der Waals surface area contributed by atoms with Crippen molar-refractivity contribution < 1.29 is 14.5 Å². The summed E-state index contributed by atoms with van der Waals surface area (Å²) in [5.74, 6) is 1.54. The standard InChI is InChI=1S/C19H31N3O2/c1-14-8-10-19(11-9-14)17(23)22(18(24)20-19)13-21-12-4-6-15-5-2-3-7-16(15)21/h14-16H,2-13H2,1H3,(H,20,24)/p+1/t14?,15-,16+,19?/m1/s1. The van der Waals surface area contributed by atoms with Crippen molar-refractivity contribution in [1.29, 1.82) is 0 Å². The molecule has 0 aromatic rings. The van der Waals surface area contributed by atoms with Gasteiger partial charge in [0.25, 0.3) is 5.91 Å². The SMILES string of the molecule is CC1CCC2(CC1)NC(=O)N(C[NH+]1CCC[C@H]3CCCC[C@@H]31)C2=O. The van der Waals surface area contributed by atoms with Crippen LogP contribution in [0.2, 0.25) is 0 Å². The second-order valence-corrected chi connectivity index (χ2v) is 8.79. The first-order valence-electron chi connectivity index (χ1n) is 10.1. The molecule has 3 amide bonds. The number of hydrogen-bond acceptors (Lipinski definition) is 2. The van der Waals surface area contributed by atoms with Crippen LogP contribution in [0, 0.1) is 11.8 Å². The molecule has 5 nitrogen and oxygen atoms in total. The fraction of sp³-hybridized carbons (Fsp3) is 0.895. The smallest absolute Gasteiger partial charge is 0.323 e. The largest absolute Gasteiger partial charge is 0.329 e. The molecule has 2 saturated carbocycles. The molecule has 4 fully saturated rings. The summed E-state index contributed by atoms with van der Waals surface area (Å²) in [5, 5.41) is 3.08. The molecule has 0 aromatic heterocycles. The van der Waals surface area contributed by atoms with Gasteiger partial charge in [-0.05, 0) is 63.7 Å². The summed E-state index contributed by atoms with van der Waals surface area (Å²) in [5.41, 5.74) is -0.579. The molecule has 4 rings (SSSR count). The van der Waals surface area contributed by atoms with Crippen LogP contribution in [0.5, 0.6) is 0 Å². The van der Waals surface area contributed by atoms with Gasteiger partial charge in [0.1, 0.15) is 5.54 Å². The van der Waals surface area contributed by atoms with E-state index in [1.54, 1.807) is 4.90 Å². The van der Waals surface area contributed by atoms with Crippen LogP contribution in [0.25, 0.3) is 0 Å². The molecule has 0 aromatic carbocycles. The first kappa shape index (κ1) is 16.4. The monoisotopic (exact) mass is 334 g/mol. The predicted octanol–water partition coefficient (Wildman–Crippen LogP) is 1.68. The normalized spacial score (nSPS) is 43.0. The lowest BCUT2D eigenvalue weighted by atomic mass is 9.77. The second-order valence-electron chi connectivity index (χ2n) is 8.79. The van der Waals surface area contributed by atoms with Crippen molar-refractivity contribution in [2.24, 2.45) is 11.8 Å². The first-order valence-corrected chi connectivity index (χ1v) is 10.1. The maximum Gasteiger partial charge on any atom is 0.329 e. The third-order valence-corrected chi connectivity index (χ3v) is 7.24. The molecule has 0 radical (unpaired) electrons. The summed E-state index contributed by atoms with van der Waals surface area (Å²) >= 11 is 0. The number of urea groups is 1. The Morgan fingerprint density at radius 2 is 1.79 bits per heavy atom. The number of hydrogen-bond donors (Lipinski definition) is 2. The van der Waals surface area contributed by atoms with Crippen LogP contribution >= 0.6 is 0 Å². The molecule has 3 atom stereocenters. The third-order valence-electron chi connectivity index (χ3n) is 7.24. The van der Waals surface area contributed by atoms with Gasteiger partial charge in [0.15, 0.2) is 6.67 Å². The molecule has 5 heteroatoms. The topological polar surface area (TPSA) is 53.9 Å². The highest BCUT2D eigenvalue weighted by atomic mass is 16.2. The van der Waals surface area contributed by atoms with Gasteiger partial charge in [-0.25, -0.2) is 9.69 Å². The zero-order valence-corrected chi connectivity index (χ0v) is 15.0. The molecule has 24 heavy (non-hydrogen) atoms. The van der Waals surface area contributed by atoms with Crippen molar-refractivity contribution in [3.63, 3.8) is 0 Å². The summed E-state index contributed by atoms with van der Waals surface area (Å²) in [7, 11) is 0. The van der Waals surface area contributed by atoms with Crippen molar-refractivity contribution in [1.82, 2.24) is 10.2 Å². The number of fused-ring (bicyclic) bond motifs is 1. The molecular formula is C19H32N3O2+. The summed E-state index contributed by atoms with van der Waals surface area (Å²) in [6.45, 7) is 3.94. The lowest BCUT2D eigenvalue weighted by Crippen LogP contribution is -3.19. The quantitative estimate of drug-likeness (QED) is 0.755. The minimum atomic E-state index is -0.579. The van der Waals surface area contributed by atoms with Gasteiger partial charge in [-0.2, -0.15) is 0 Å². The molecule has 1 spiro atoms. The molecule has 2 heterocycles. The summed E-state index contributed by atoms with van der Waals surface area (Å²) in [4.78, 5) is 28.7. The van der Waals surface area contributed by atoms with Gasteiger partial charge >= 0.3 is 6.03 Å². The molecule has 2 N–H and O–H groups in total. The Morgan fingerprint density at radius 1 is 1.08 bits per heavy atom. The number of nitrogens with one attached hydrogen (secondary N) is 2. The lowest BCUT2D eigenvalue weighted by Gasteiger charge is -2.42. The number of amides is 3. The van der Waals surface area contributed by atoms with Crippen LogP contribution < -0.4 is 10.2 Å². The Balaban J connectivity index is 1.46. The van der Waals surface area contributed by atoms with Gasteiger partial charge in [0, 0.05) is 5.92 Å².